The van der Waals surface area contributed by atoms with Gasteiger partial charge in [0.15, 0.2) is 5.78 Å². The zero-order valence-electron chi connectivity index (χ0n) is 7.82. The summed E-state index contributed by atoms with van der Waals surface area (Å²) in [7, 11) is 0. The normalized spacial score (nSPS) is 19.8. The van der Waals surface area contributed by atoms with E-state index in [0.29, 0.717) is 17.6 Å². The Morgan fingerprint density at radius 3 is 3.00 bits per heavy atom. The quantitative estimate of drug-likeness (QED) is 0.496. The average molecular weight is 190 g/mol. The van der Waals surface area contributed by atoms with Crippen molar-refractivity contribution in [3.63, 3.8) is 0 Å². The van der Waals surface area contributed by atoms with Gasteiger partial charge in [-0.05, 0) is 19.1 Å². The minimum absolute atomic E-state index is 0.134. The molecular weight excluding hydrogens is 180 g/mol. The van der Waals surface area contributed by atoms with Crippen LogP contribution >= 0.6 is 0 Å². The van der Waals surface area contributed by atoms with Crippen LogP contribution in [0, 0.1) is 12.8 Å². The summed E-state index contributed by atoms with van der Waals surface area (Å²) in [5.74, 6) is -0.187. The summed E-state index contributed by atoms with van der Waals surface area (Å²) in [5.41, 5.74) is 1.51. The first-order chi connectivity index (χ1) is 6.72. The van der Waals surface area contributed by atoms with Crippen molar-refractivity contribution in [2.45, 2.75) is 6.92 Å². The summed E-state index contributed by atoms with van der Waals surface area (Å²) in [6.07, 6.45) is 0.646. The molecule has 1 heterocycles. The Balaban J connectivity index is 2.48. The van der Waals surface area contributed by atoms with Gasteiger partial charge in [-0.15, -0.1) is 0 Å². The summed E-state index contributed by atoms with van der Waals surface area (Å²) >= 11 is 0. The fourth-order valence-electron chi connectivity index (χ4n) is 1.52. The third-order valence-corrected chi connectivity index (χ3v) is 2.32. The Labute approximate surface area is 81.7 Å². The fraction of sp³-hybridized carbons (Fsp3) is 0.273. The van der Waals surface area contributed by atoms with Crippen molar-refractivity contribution >= 4 is 12.1 Å². The molecule has 1 aliphatic heterocycles. The third-order valence-electron chi connectivity index (χ3n) is 2.32. The maximum atomic E-state index is 11.7. The first kappa shape index (κ1) is 8.94. The molecule has 0 aliphatic carbocycles. The Morgan fingerprint density at radius 1 is 1.50 bits per heavy atom. The van der Waals surface area contributed by atoms with Crippen molar-refractivity contribution in [1.29, 1.82) is 0 Å². The number of hydrogen-bond donors (Lipinski definition) is 0. The lowest BCUT2D eigenvalue weighted by molar-refractivity contribution is -0.110. The van der Waals surface area contributed by atoms with Crippen LogP contribution in [0.1, 0.15) is 15.9 Å². The number of carbonyl (C=O) groups is 2. The van der Waals surface area contributed by atoms with E-state index in [9.17, 15) is 9.59 Å². The van der Waals surface area contributed by atoms with Gasteiger partial charge < -0.3 is 9.53 Å². The van der Waals surface area contributed by atoms with Gasteiger partial charge >= 0.3 is 0 Å². The SMILES string of the molecule is Cc1ccc2c(c1)C(=O)C(C=O)CO2. The van der Waals surface area contributed by atoms with Crippen LogP contribution in [0.4, 0.5) is 0 Å². The highest BCUT2D eigenvalue weighted by Gasteiger charge is 2.28. The van der Waals surface area contributed by atoms with Crippen LogP contribution in [0.2, 0.25) is 0 Å². The lowest BCUT2D eigenvalue weighted by Gasteiger charge is -2.20. The summed E-state index contributed by atoms with van der Waals surface area (Å²) in [6.45, 7) is 2.07. The molecule has 72 valence electrons. The number of carbonyl (C=O) groups excluding carboxylic acids is 2. The number of aldehydes is 1. The van der Waals surface area contributed by atoms with Gasteiger partial charge in [-0.2, -0.15) is 0 Å². The maximum Gasteiger partial charge on any atom is 0.180 e. The topological polar surface area (TPSA) is 43.4 Å². The minimum Gasteiger partial charge on any atom is -0.492 e. The number of hydrogen-bond acceptors (Lipinski definition) is 3. The third kappa shape index (κ3) is 1.31. The summed E-state index contributed by atoms with van der Waals surface area (Å²) in [5, 5.41) is 0. The molecule has 1 aromatic rings. The molecule has 0 aromatic heterocycles. The molecule has 0 amide bonds. The molecule has 0 radical (unpaired) electrons. The van der Waals surface area contributed by atoms with Crippen molar-refractivity contribution in [2.75, 3.05) is 6.61 Å². The van der Waals surface area contributed by atoms with E-state index in [1.54, 1.807) is 12.1 Å². The second-order valence-electron chi connectivity index (χ2n) is 3.42. The maximum absolute atomic E-state index is 11.7. The minimum atomic E-state index is -0.635. The molecule has 1 unspecified atom stereocenters. The van der Waals surface area contributed by atoms with Crippen LogP contribution in [0.15, 0.2) is 18.2 Å². The van der Waals surface area contributed by atoms with Gasteiger partial charge in [-0.3, -0.25) is 4.79 Å². The molecule has 0 spiro atoms. The van der Waals surface area contributed by atoms with E-state index in [2.05, 4.69) is 0 Å². The van der Waals surface area contributed by atoms with Gasteiger partial charge in [0.25, 0.3) is 0 Å². The van der Waals surface area contributed by atoms with E-state index >= 15 is 0 Å². The first-order valence-electron chi connectivity index (χ1n) is 4.45. The monoisotopic (exact) mass is 190 g/mol. The van der Waals surface area contributed by atoms with E-state index in [4.69, 9.17) is 4.74 Å². The van der Waals surface area contributed by atoms with Crippen LogP contribution in [0.3, 0.4) is 0 Å². The molecule has 0 bridgehead atoms. The van der Waals surface area contributed by atoms with E-state index in [1.165, 1.54) is 0 Å². The Bertz CT molecular complexity index is 396. The zero-order valence-corrected chi connectivity index (χ0v) is 7.82. The molecule has 14 heavy (non-hydrogen) atoms. The van der Waals surface area contributed by atoms with E-state index in [1.807, 2.05) is 13.0 Å². The Morgan fingerprint density at radius 2 is 2.29 bits per heavy atom. The number of ketones is 1. The molecule has 3 nitrogen and oxygen atoms in total. The second kappa shape index (κ2) is 3.25. The van der Waals surface area contributed by atoms with E-state index in [-0.39, 0.29) is 12.4 Å². The molecule has 0 fully saturated rings. The molecule has 1 aromatic carbocycles. The Kier molecular flexibility index (Phi) is 2.08. The number of Topliss-reactive ketones (excluding diaryl/α,β-unsaturated/α-hetero) is 1. The van der Waals surface area contributed by atoms with Crippen molar-refractivity contribution < 1.29 is 14.3 Å². The number of aryl methyl sites for hydroxylation is 1. The highest BCUT2D eigenvalue weighted by molar-refractivity contribution is 6.08. The van der Waals surface area contributed by atoms with Crippen LogP contribution < -0.4 is 4.74 Å². The van der Waals surface area contributed by atoms with Crippen molar-refractivity contribution in [3.05, 3.63) is 29.3 Å². The highest BCUT2D eigenvalue weighted by Crippen LogP contribution is 2.27. The van der Waals surface area contributed by atoms with Gasteiger partial charge in [-0.25, -0.2) is 0 Å². The number of ether oxygens (including phenoxy) is 1. The van der Waals surface area contributed by atoms with E-state index in [0.717, 1.165) is 5.56 Å². The van der Waals surface area contributed by atoms with Gasteiger partial charge in [-0.1, -0.05) is 11.6 Å². The highest BCUT2D eigenvalue weighted by atomic mass is 16.5. The van der Waals surface area contributed by atoms with Gasteiger partial charge in [0.1, 0.15) is 24.6 Å². The second-order valence-corrected chi connectivity index (χ2v) is 3.42. The lowest BCUT2D eigenvalue weighted by Crippen LogP contribution is -2.28. The molecule has 1 aliphatic rings. The van der Waals surface area contributed by atoms with Gasteiger partial charge in [0.05, 0.1) is 5.56 Å². The summed E-state index contributed by atoms with van der Waals surface area (Å²) in [6, 6.07) is 5.41. The molecule has 0 saturated carbocycles. The first-order valence-corrected chi connectivity index (χ1v) is 4.45. The summed E-state index contributed by atoms with van der Waals surface area (Å²) < 4.78 is 5.30. The predicted octanol–water partition coefficient (Wildman–Crippen LogP) is 1.39. The fourth-order valence-corrected chi connectivity index (χ4v) is 1.52. The number of benzene rings is 1. The standard InChI is InChI=1S/C11H10O3/c1-7-2-3-10-9(4-7)11(13)8(5-12)6-14-10/h2-5,8H,6H2,1H3. The summed E-state index contributed by atoms with van der Waals surface area (Å²) in [4.78, 5) is 22.3. The van der Waals surface area contributed by atoms with Crippen LogP contribution in [-0.2, 0) is 4.79 Å². The average Bonchev–Trinajstić information content (AvgIpc) is 2.20. The lowest BCUT2D eigenvalue weighted by atomic mass is 9.95. The van der Waals surface area contributed by atoms with Crippen molar-refractivity contribution in [1.82, 2.24) is 0 Å². The molecular formula is C11H10O3. The molecule has 3 heteroatoms. The molecule has 0 saturated heterocycles. The number of fused-ring (bicyclic) bond motifs is 1. The largest absolute Gasteiger partial charge is 0.492 e. The molecule has 2 rings (SSSR count). The Hall–Kier alpha value is -1.64. The van der Waals surface area contributed by atoms with Crippen LogP contribution in [0.25, 0.3) is 0 Å². The van der Waals surface area contributed by atoms with E-state index < -0.39 is 5.92 Å². The van der Waals surface area contributed by atoms with Crippen molar-refractivity contribution in [3.8, 4) is 5.75 Å². The smallest absolute Gasteiger partial charge is 0.180 e. The van der Waals surface area contributed by atoms with Crippen LogP contribution in [-0.4, -0.2) is 18.7 Å². The zero-order chi connectivity index (χ0) is 10.1. The number of rotatable bonds is 1. The van der Waals surface area contributed by atoms with Gasteiger partial charge in [0.2, 0.25) is 0 Å². The van der Waals surface area contributed by atoms with Crippen LogP contribution in [0.5, 0.6) is 5.75 Å². The molecule has 0 N–H and O–H groups in total. The van der Waals surface area contributed by atoms with Crippen molar-refractivity contribution in [2.24, 2.45) is 5.92 Å². The molecule has 1 atom stereocenters. The predicted molar refractivity (Wildman–Crippen MR) is 50.6 cm³/mol. The van der Waals surface area contributed by atoms with Gasteiger partial charge in [0, 0.05) is 0 Å².